The van der Waals surface area contributed by atoms with E-state index in [2.05, 4.69) is 10.2 Å². The van der Waals surface area contributed by atoms with Gasteiger partial charge in [-0.1, -0.05) is 41.9 Å². The van der Waals surface area contributed by atoms with Crippen molar-refractivity contribution in [1.29, 1.82) is 0 Å². The maximum atomic E-state index is 6.03. The smallest absolute Gasteiger partial charge is 0.284 e. The summed E-state index contributed by atoms with van der Waals surface area (Å²) < 4.78 is 11.2. The minimum atomic E-state index is 0.217. The van der Waals surface area contributed by atoms with E-state index in [0.717, 1.165) is 5.56 Å². The largest absolute Gasteiger partial charge is 0.488 e. The standard InChI is InChI=1S/C15H11ClN2O2S/c16-11-6-7-12(14-17-18-15(21)20-14)13(8-11)19-9-10-4-2-1-3-5-10/h1-8H,9H2,(H,18,21). The summed E-state index contributed by atoms with van der Waals surface area (Å²) in [5, 5.41) is 7.18. The van der Waals surface area contributed by atoms with Crippen LogP contribution in [0.5, 0.6) is 5.75 Å². The van der Waals surface area contributed by atoms with Crippen molar-refractivity contribution in [3.8, 4) is 17.2 Å². The van der Waals surface area contributed by atoms with Gasteiger partial charge in [-0.3, -0.25) is 0 Å². The zero-order chi connectivity index (χ0) is 14.7. The van der Waals surface area contributed by atoms with Gasteiger partial charge in [0.2, 0.25) is 5.89 Å². The highest BCUT2D eigenvalue weighted by molar-refractivity contribution is 7.71. The number of hydrogen-bond acceptors (Lipinski definition) is 4. The Kier molecular flexibility index (Phi) is 4.03. The molecule has 0 spiro atoms. The number of rotatable bonds is 4. The fourth-order valence-corrected chi connectivity index (χ4v) is 2.16. The summed E-state index contributed by atoms with van der Waals surface area (Å²) in [6.07, 6.45) is 0. The van der Waals surface area contributed by atoms with Crippen LogP contribution in [0.25, 0.3) is 11.5 Å². The molecule has 106 valence electrons. The molecular formula is C15H11ClN2O2S. The molecule has 0 saturated heterocycles. The molecule has 0 aliphatic heterocycles. The first-order valence-electron chi connectivity index (χ1n) is 6.24. The van der Waals surface area contributed by atoms with Crippen LogP contribution in [-0.4, -0.2) is 10.2 Å². The maximum absolute atomic E-state index is 6.03. The van der Waals surface area contributed by atoms with E-state index in [0.29, 0.717) is 28.8 Å². The van der Waals surface area contributed by atoms with E-state index in [1.807, 2.05) is 30.3 Å². The highest BCUT2D eigenvalue weighted by atomic mass is 35.5. The van der Waals surface area contributed by atoms with Gasteiger partial charge in [-0.15, -0.1) is 5.10 Å². The van der Waals surface area contributed by atoms with Crippen molar-refractivity contribution in [2.45, 2.75) is 6.61 Å². The topological polar surface area (TPSA) is 51.0 Å². The van der Waals surface area contributed by atoms with Crippen molar-refractivity contribution in [2.24, 2.45) is 0 Å². The lowest BCUT2D eigenvalue weighted by Gasteiger charge is -2.10. The third-order valence-corrected chi connectivity index (χ3v) is 3.26. The van der Waals surface area contributed by atoms with Crippen molar-refractivity contribution in [2.75, 3.05) is 0 Å². The molecule has 1 heterocycles. The van der Waals surface area contributed by atoms with Gasteiger partial charge in [0.1, 0.15) is 12.4 Å². The van der Waals surface area contributed by atoms with Crippen LogP contribution in [0.3, 0.4) is 0 Å². The first kappa shape index (κ1) is 13.9. The van der Waals surface area contributed by atoms with Crippen LogP contribution in [0.2, 0.25) is 5.02 Å². The Morgan fingerprint density at radius 2 is 2.00 bits per heavy atom. The van der Waals surface area contributed by atoms with Crippen LogP contribution < -0.4 is 4.74 Å². The maximum Gasteiger partial charge on any atom is 0.284 e. The van der Waals surface area contributed by atoms with Gasteiger partial charge in [0, 0.05) is 5.02 Å². The molecule has 1 aromatic heterocycles. The minimum absolute atomic E-state index is 0.217. The summed E-state index contributed by atoms with van der Waals surface area (Å²) >= 11 is 10.9. The molecule has 0 aliphatic carbocycles. The van der Waals surface area contributed by atoms with Gasteiger partial charge in [0.05, 0.1) is 5.56 Å². The van der Waals surface area contributed by atoms with Crippen LogP contribution in [0.15, 0.2) is 52.9 Å². The van der Waals surface area contributed by atoms with Gasteiger partial charge >= 0.3 is 0 Å². The van der Waals surface area contributed by atoms with E-state index < -0.39 is 0 Å². The third kappa shape index (κ3) is 3.32. The second-order valence-electron chi connectivity index (χ2n) is 4.33. The Morgan fingerprint density at radius 3 is 2.71 bits per heavy atom. The fourth-order valence-electron chi connectivity index (χ4n) is 1.87. The van der Waals surface area contributed by atoms with E-state index in [4.69, 9.17) is 33.0 Å². The molecule has 3 aromatic rings. The lowest BCUT2D eigenvalue weighted by atomic mass is 10.2. The molecule has 0 atom stereocenters. The van der Waals surface area contributed by atoms with Gasteiger partial charge in [-0.05, 0) is 36.0 Å². The Morgan fingerprint density at radius 1 is 1.19 bits per heavy atom. The molecule has 0 saturated carbocycles. The number of ether oxygens (including phenoxy) is 1. The molecule has 2 aromatic carbocycles. The molecule has 0 fully saturated rings. The molecule has 6 heteroatoms. The molecule has 0 amide bonds. The molecular weight excluding hydrogens is 308 g/mol. The average Bonchev–Trinajstić information content (AvgIpc) is 2.93. The number of aromatic nitrogens is 2. The van der Waals surface area contributed by atoms with Crippen molar-refractivity contribution in [3.05, 3.63) is 64.0 Å². The van der Waals surface area contributed by atoms with Gasteiger partial charge in [0.25, 0.3) is 4.84 Å². The Labute approximate surface area is 131 Å². The van der Waals surface area contributed by atoms with Crippen molar-refractivity contribution in [1.82, 2.24) is 10.2 Å². The first-order chi connectivity index (χ1) is 10.2. The Balaban J connectivity index is 1.90. The van der Waals surface area contributed by atoms with Crippen LogP contribution in [0.1, 0.15) is 5.56 Å². The number of benzene rings is 2. The number of hydrogen-bond donors (Lipinski definition) is 1. The monoisotopic (exact) mass is 318 g/mol. The summed E-state index contributed by atoms with van der Waals surface area (Å²) in [6, 6.07) is 15.1. The Bertz CT molecular complexity index is 799. The number of H-pyrrole nitrogens is 1. The highest BCUT2D eigenvalue weighted by Gasteiger charge is 2.12. The second kappa shape index (κ2) is 6.11. The van der Waals surface area contributed by atoms with Crippen LogP contribution >= 0.6 is 23.8 Å². The van der Waals surface area contributed by atoms with Crippen LogP contribution in [0.4, 0.5) is 0 Å². The number of aromatic amines is 1. The quantitative estimate of drug-likeness (QED) is 0.712. The van der Waals surface area contributed by atoms with E-state index in [-0.39, 0.29) is 4.84 Å². The van der Waals surface area contributed by atoms with Gasteiger partial charge in [0.15, 0.2) is 0 Å². The SMILES string of the molecule is S=c1[nH]nc(-c2ccc(Cl)cc2OCc2ccccc2)o1. The summed E-state index contributed by atoms with van der Waals surface area (Å²) in [5.74, 6) is 0.969. The molecule has 3 rings (SSSR count). The van der Waals surface area contributed by atoms with Crippen molar-refractivity contribution >= 4 is 23.8 Å². The zero-order valence-corrected chi connectivity index (χ0v) is 12.4. The van der Waals surface area contributed by atoms with Crippen molar-refractivity contribution in [3.63, 3.8) is 0 Å². The van der Waals surface area contributed by atoms with E-state index >= 15 is 0 Å². The van der Waals surface area contributed by atoms with E-state index in [9.17, 15) is 0 Å². The summed E-state index contributed by atoms with van der Waals surface area (Å²) in [7, 11) is 0. The molecule has 21 heavy (non-hydrogen) atoms. The first-order valence-corrected chi connectivity index (χ1v) is 7.03. The zero-order valence-electron chi connectivity index (χ0n) is 10.9. The lowest BCUT2D eigenvalue weighted by molar-refractivity contribution is 0.306. The normalized spacial score (nSPS) is 10.5. The molecule has 0 unspecified atom stereocenters. The second-order valence-corrected chi connectivity index (χ2v) is 5.14. The molecule has 4 nitrogen and oxygen atoms in total. The van der Waals surface area contributed by atoms with E-state index in [1.165, 1.54) is 0 Å². The van der Waals surface area contributed by atoms with E-state index in [1.54, 1.807) is 18.2 Å². The lowest BCUT2D eigenvalue weighted by Crippen LogP contribution is -1.97. The molecule has 1 N–H and O–H groups in total. The molecule has 0 radical (unpaired) electrons. The molecule has 0 bridgehead atoms. The predicted octanol–water partition coefficient (Wildman–Crippen LogP) is 4.63. The van der Waals surface area contributed by atoms with Gasteiger partial charge < -0.3 is 9.15 Å². The summed E-state index contributed by atoms with van der Waals surface area (Å²) in [5.41, 5.74) is 1.76. The predicted molar refractivity (Wildman–Crippen MR) is 82.9 cm³/mol. The minimum Gasteiger partial charge on any atom is -0.488 e. The number of halogens is 1. The average molecular weight is 319 g/mol. The number of nitrogens with zero attached hydrogens (tertiary/aromatic N) is 1. The van der Waals surface area contributed by atoms with Gasteiger partial charge in [-0.2, -0.15) is 0 Å². The Hall–Kier alpha value is -2.11. The number of nitrogens with one attached hydrogen (secondary N) is 1. The van der Waals surface area contributed by atoms with Crippen molar-refractivity contribution < 1.29 is 9.15 Å². The van der Waals surface area contributed by atoms with Crippen LogP contribution in [-0.2, 0) is 6.61 Å². The fraction of sp³-hybridized carbons (Fsp3) is 0.0667. The summed E-state index contributed by atoms with van der Waals surface area (Å²) in [6.45, 7) is 0.430. The van der Waals surface area contributed by atoms with Gasteiger partial charge in [-0.25, -0.2) is 5.10 Å². The summed E-state index contributed by atoms with van der Waals surface area (Å²) in [4.78, 5) is 0.217. The highest BCUT2D eigenvalue weighted by Crippen LogP contribution is 2.32. The third-order valence-electron chi connectivity index (χ3n) is 2.85. The van der Waals surface area contributed by atoms with Crippen LogP contribution in [0, 0.1) is 4.84 Å². The molecule has 0 aliphatic rings.